The molecule has 0 aromatic heterocycles. The van der Waals surface area contributed by atoms with Crippen LogP contribution in [0.2, 0.25) is 10.0 Å². The van der Waals surface area contributed by atoms with Crippen LogP contribution in [0.1, 0.15) is 78.3 Å². The first-order valence-corrected chi connectivity index (χ1v) is 13.8. The number of nitrogens with two attached hydrogens (primary N) is 1. The van der Waals surface area contributed by atoms with E-state index in [9.17, 15) is 9.59 Å². The number of halogens is 2. The minimum atomic E-state index is -0.360. The van der Waals surface area contributed by atoms with E-state index in [2.05, 4.69) is 36.6 Å². The van der Waals surface area contributed by atoms with Gasteiger partial charge in [0.05, 0.1) is 10.0 Å². The predicted octanol–water partition coefficient (Wildman–Crippen LogP) is 6.21. The fourth-order valence-corrected chi connectivity index (χ4v) is 6.04. The number of urea groups is 1. The number of rotatable bonds is 6. The molecule has 3 fully saturated rings. The van der Waals surface area contributed by atoms with Crippen molar-refractivity contribution in [3.8, 4) is 0 Å². The number of piperazine rings is 1. The van der Waals surface area contributed by atoms with Crippen LogP contribution in [-0.4, -0.2) is 65.4 Å². The molecule has 1 aliphatic carbocycles. The van der Waals surface area contributed by atoms with Crippen LogP contribution in [0.3, 0.4) is 0 Å². The summed E-state index contributed by atoms with van der Waals surface area (Å²) in [7, 11) is 0. The third kappa shape index (κ3) is 7.08. The van der Waals surface area contributed by atoms with Gasteiger partial charge in [-0.1, -0.05) is 70.3 Å². The Bertz CT molecular complexity index is 923. The minimum absolute atomic E-state index is 0. The maximum Gasteiger partial charge on any atom is 0.314 e. The molecule has 2 aliphatic heterocycles. The molecule has 2 atom stereocenters. The van der Waals surface area contributed by atoms with Crippen molar-refractivity contribution in [2.75, 3.05) is 32.7 Å². The molecule has 1 unspecified atom stereocenters. The van der Waals surface area contributed by atoms with Gasteiger partial charge < -0.3 is 15.5 Å². The molecule has 1 saturated carbocycles. The zero-order valence-corrected chi connectivity index (χ0v) is 22.8. The second-order valence-electron chi connectivity index (χ2n) is 11.8. The molecule has 6 nitrogen and oxygen atoms in total. The quantitative estimate of drug-likeness (QED) is 0.467. The van der Waals surface area contributed by atoms with Gasteiger partial charge in [-0.3, -0.25) is 9.69 Å². The van der Waals surface area contributed by atoms with Crippen molar-refractivity contribution in [1.29, 1.82) is 0 Å². The van der Waals surface area contributed by atoms with Crippen molar-refractivity contribution in [2.45, 2.75) is 78.8 Å². The third-order valence-electron chi connectivity index (χ3n) is 8.14. The summed E-state index contributed by atoms with van der Waals surface area (Å²) in [5.41, 5.74) is 6.60. The van der Waals surface area contributed by atoms with Gasteiger partial charge in [0.1, 0.15) is 0 Å². The standard InChI is InChI=1S/C27H40Cl2N4O2.CH4/c1-27(2,3)24-17-32(23(14-18-4-5-18)20-6-7-21(28)22(29)16-20)12-13-33(24)25(34)15-19-8-10-31(11-9-19)26(30)35;/h6-7,16,18-19,23-24H,4-5,8-15,17H2,1-3H3,(H2,30,35);1H4/t23?,24-;/m1./s1. The smallest absolute Gasteiger partial charge is 0.314 e. The summed E-state index contributed by atoms with van der Waals surface area (Å²) in [5.74, 6) is 1.33. The molecular weight excluding hydrogens is 495 g/mol. The predicted molar refractivity (Wildman–Crippen MR) is 148 cm³/mol. The van der Waals surface area contributed by atoms with Crippen LogP contribution in [-0.2, 0) is 4.79 Å². The summed E-state index contributed by atoms with van der Waals surface area (Å²) >= 11 is 12.6. The lowest BCUT2D eigenvalue weighted by molar-refractivity contribution is -0.141. The van der Waals surface area contributed by atoms with Crippen molar-refractivity contribution in [1.82, 2.24) is 14.7 Å². The lowest BCUT2D eigenvalue weighted by atomic mass is 9.82. The molecule has 1 aromatic rings. The van der Waals surface area contributed by atoms with Gasteiger partial charge in [-0.25, -0.2) is 4.79 Å². The molecule has 2 saturated heterocycles. The van der Waals surface area contributed by atoms with E-state index in [4.69, 9.17) is 28.9 Å². The highest BCUT2D eigenvalue weighted by atomic mass is 35.5. The number of piperidine rings is 1. The maximum atomic E-state index is 13.5. The highest BCUT2D eigenvalue weighted by Gasteiger charge is 2.41. The Balaban J connectivity index is 0.00000361. The van der Waals surface area contributed by atoms with Gasteiger partial charge >= 0.3 is 6.03 Å². The number of carbonyl (C=O) groups is 2. The first kappa shape index (κ1) is 29.1. The molecule has 3 aliphatic rings. The van der Waals surface area contributed by atoms with Gasteiger partial charge in [0, 0.05) is 51.2 Å². The third-order valence-corrected chi connectivity index (χ3v) is 8.88. The van der Waals surface area contributed by atoms with E-state index < -0.39 is 0 Å². The van der Waals surface area contributed by atoms with Crippen molar-refractivity contribution in [3.63, 3.8) is 0 Å². The maximum absolute atomic E-state index is 13.5. The zero-order chi connectivity index (χ0) is 25.3. The van der Waals surface area contributed by atoms with E-state index in [1.54, 1.807) is 4.90 Å². The van der Waals surface area contributed by atoms with Crippen LogP contribution in [0.4, 0.5) is 4.79 Å². The van der Waals surface area contributed by atoms with Crippen LogP contribution in [0.5, 0.6) is 0 Å². The second-order valence-corrected chi connectivity index (χ2v) is 12.6. The lowest BCUT2D eigenvalue weighted by Gasteiger charge is -2.50. The number of nitrogens with zero attached hydrogens (tertiary/aromatic N) is 3. The molecule has 0 bridgehead atoms. The highest BCUT2D eigenvalue weighted by molar-refractivity contribution is 6.42. The number of hydrogen-bond donors (Lipinski definition) is 1. The molecule has 1 aromatic carbocycles. The van der Waals surface area contributed by atoms with Crippen molar-refractivity contribution >= 4 is 35.1 Å². The van der Waals surface area contributed by atoms with E-state index >= 15 is 0 Å². The Hall–Kier alpha value is -1.50. The van der Waals surface area contributed by atoms with Crippen molar-refractivity contribution in [2.24, 2.45) is 23.0 Å². The fourth-order valence-electron chi connectivity index (χ4n) is 5.73. The molecule has 4 rings (SSSR count). The first-order chi connectivity index (χ1) is 16.5. The summed E-state index contributed by atoms with van der Waals surface area (Å²) < 4.78 is 0. The Morgan fingerprint density at radius 1 is 1.00 bits per heavy atom. The van der Waals surface area contributed by atoms with Crippen LogP contribution in [0.15, 0.2) is 18.2 Å². The van der Waals surface area contributed by atoms with Gasteiger partial charge in [0.15, 0.2) is 0 Å². The van der Waals surface area contributed by atoms with Gasteiger partial charge in [-0.05, 0) is 54.2 Å². The van der Waals surface area contributed by atoms with E-state index in [-0.39, 0.29) is 36.9 Å². The summed E-state index contributed by atoms with van der Waals surface area (Å²) in [4.78, 5) is 31.4. The van der Waals surface area contributed by atoms with Crippen molar-refractivity contribution in [3.05, 3.63) is 33.8 Å². The van der Waals surface area contributed by atoms with Crippen LogP contribution < -0.4 is 5.73 Å². The number of primary amides is 1. The minimum Gasteiger partial charge on any atom is -0.351 e. The summed E-state index contributed by atoms with van der Waals surface area (Å²) in [6, 6.07) is 6.12. The van der Waals surface area contributed by atoms with Crippen LogP contribution in [0, 0.1) is 17.3 Å². The topological polar surface area (TPSA) is 69.9 Å². The highest BCUT2D eigenvalue weighted by Crippen LogP contribution is 2.42. The zero-order valence-electron chi connectivity index (χ0n) is 21.3. The summed E-state index contributed by atoms with van der Waals surface area (Å²) in [5, 5.41) is 1.19. The average Bonchev–Trinajstić information content (AvgIpc) is 3.63. The molecule has 2 heterocycles. The molecular formula is C28H44Cl2N4O2. The van der Waals surface area contributed by atoms with Gasteiger partial charge in [-0.2, -0.15) is 0 Å². The molecule has 202 valence electrons. The number of hydrogen-bond acceptors (Lipinski definition) is 3. The Labute approximate surface area is 227 Å². The van der Waals surface area contributed by atoms with E-state index in [1.807, 2.05) is 12.1 Å². The molecule has 36 heavy (non-hydrogen) atoms. The first-order valence-electron chi connectivity index (χ1n) is 13.1. The molecule has 0 radical (unpaired) electrons. The monoisotopic (exact) mass is 538 g/mol. The Morgan fingerprint density at radius 2 is 1.67 bits per heavy atom. The average molecular weight is 540 g/mol. The normalized spacial score (nSPS) is 22.8. The molecule has 8 heteroatoms. The summed E-state index contributed by atoms with van der Waals surface area (Å²) in [6.07, 6.45) is 5.96. The largest absolute Gasteiger partial charge is 0.351 e. The number of amides is 3. The molecule has 0 spiro atoms. The number of carbonyl (C=O) groups excluding carboxylic acids is 2. The van der Waals surface area contributed by atoms with Gasteiger partial charge in [0.2, 0.25) is 5.91 Å². The van der Waals surface area contributed by atoms with Crippen molar-refractivity contribution < 1.29 is 9.59 Å². The Morgan fingerprint density at radius 3 is 2.22 bits per heavy atom. The van der Waals surface area contributed by atoms with Gasteiger partial charge in [-0.15, -0.1) is 0 Å². The van der Waals surface area contributed by atoms with Crippen LogP contribution in [0.25, 0.3) is 0 Å². The van der Waals surface area contributed by atoms with Gasteiger partial charge in [0.25, 0.3) is 0 Å². The second kappa shape index (κ2) is 11.9. The summed E-state index contributed by atoms with van der Waals surface area (Å²) in [6.45, 7) is 10.5. The molecule has 2 N–H and O–H groups in total. The van der Waals surface area contributed by atoms with E-state index in [0.29, 0.717) is 35.5 Å². The molecule has 3 amide bonds. The fraction of sp³-hybridized carbons (Fsp3) is 0.714. The van der Waals surface area contributed by atoms with E-state index in [0.717, 1.165) is 44.8 Å². The Kier molecular flexibility index (Phi) is 9.62. The SMILES string of the molecule is C.CC(C)(C)[C@H]1CN(C(CC2CC2)c2ccc(Cl)c(Cl)c2)CCN1C(=O)CC1CCN(C(N)=O)CC1. The number of benzene rings is 1. The van der Waals surface area contributed by atoms with E-state index in [1.165, 1.54) is 18.4 Å². The lowest BCUT2D eigenvalue weighted by Crippen LogP contribution is -2.60. The van der Waals surface area contributed by atoms with Crippen LogP contribution >= 0.6 is 23.2 Å². The number of likely N-dealkylation sites (tertiary alicyclic amines) is 1.